The first kappa shape index (κ1) is 18.9. The Hall–Kier alpha value is -1.87. The Morgan fingerprint density at radius 2 is 2.12 bits per heavy atom. The fourth-order valence-electron chi connectivity index (χ4n) is 3.75. The van der Waals surface area contributed by atoms with Crippen molar-refractivity contribution in [1.82, 2.24) is 14.5 Å². The molecule has 2 atom stereocenters. The molecule has 26 heavy (non-hydrogen) atoms. The first-order valence-corrected chi connectivity index (χ1v) is 10.7. The molecule has 0 aromatic carbocycles. The maximum Gasteiger partial charge on any atom is 0.240 e. The lowest BCUT2D eigenvalue weighted by Gasteiger charge is -2.29. The molecule has 3 rings (SSSR count). The van der Waals surface area contributed by atoms with Gasteiger partial charge in [0.15, 0.2) is 0 Å². The molecule has 0 bridgehead atoms. The average molecular weight is 383 g/mol. The number of carbonyl (C=O) groups is 2. The molecule has 2 saturated heterocycles. The lowest BCUT2D eigenvalue weighted by Crippen LogP contribution is -2.48. The van der Waals surface area contributed by atoms with Crippen LogP contribution in [0.5, 0.6) is 0 Å². The van der Waals surface area contributed by atoms with Crippen molar-refractivity contribution in [3.63, 3.8) is 0 Å². The highest BCUT2D eigenvalue weighted by Gasteiger charge is 2.43. The van der Waals surface area contributed by atoms with E-state index in [0.717, 1.165) is 18.6 Å². The van der Waals surface area contributed by atoms with E-state index in [9.17, 15) is 18.0 Å². The molecule has 9 heteroatoms. The van der Waals surface area contributed by atoms with Crippen molar-refractivity contribution in [2.45, 2.75) is 38.8 Å². The van der Waals surface area contributed by atoms with Gasteiger partial charge in [-0.2, -0.15) is 4.31 Å². The van der Waals surface area contributed by atoms with E-state index in [1.54, 1.807) is 11.0 Å². The van der Waals surface area contributed by atoms with Crippen LogP contribution in [0.15, 0.2) is 16.5 Å². The molecular formula is C17H25N3O5S. The van der Waals surface area contributed by atoms with Gasteiger partial charge < -0.3 is 14.6 Å². The Balaban J connectivity index is 1.65. The van der Waals surface area contributed by atoms with E-state index >= 15 is 0 Å². The number of likely N-dealkylation sites (tertiary alicyclic amines) is 1. The Labute approximate surface area is 153 Å². The fraction of sp³-hybridized carbons (Fsp3) is 0.647. The van der Waals surface area contributed by atoms with Crippen LogP contribution < -0.4 is 5.32 Å². The molecule has 0 saturated carbocycles. The molecule has 2 aliphatic heterocycles. The van der Waals surface area contributed by atoms with E-state index in [1.165, 1.54) is 10.6 Å². The van der Waals surface area contributed by atoms with Crippen LogP contribution in [0.25, 0.3) is 0 Å². The van der Waals surface area contributed by atoms with Gasteiger partial charge in [-0.15, -0.1) is 0 Å². The van der Waals surface area contributed by atoms with E-state index in [-0.39, 0.29) is 43.4 Å². The number of furan rings is 1. The smallest absolute Gasteiger partial charge is 0.240 e. The van der Waals surface area contributed by atoms with Gasteiger partial charge >= 0.3 is 0 Å². The first-order valence-electron chi connectivity index (χ1n) is 8.80. The van der Waals surface area contributed by atoms with Crippen LogP contribution >= 0.6 is 0 Å². The molecule has 8 nitrogen and oxygen atoms in total. The van der Waals surface area contributed by atoms with Crippen LogP contribution in [-0.2, 0) is 26.2 Å². The highest BCUT2D eigenvalue weighted by atomic mass is 32.2. The first-order chi connectivity index (χ1) is 12.2. The van der Waals surface area contributed by atoms with Gasteiger partial charge in [0.1, 0.15) is 11.5 Å². The van der Waals surface area contributed by atoms with Crippen LogP contribution in [0.1, 0.15) is 30.8 Å². The van der Waals surface area contributed by atoms with E-state index in [4.69, 9.17) is 4.42 Å². The van der Waals surface area contributed by atoms with Gasteiger partial charge in [0.05, 0.1) is 25.4 Å². The number of hydrogen-bond donors (Lipinski definition) is 1. The normalized spacial score (nSPS) is 24.4. The molecule has 1 N–H and O–H groups in total. The van der Waals surface area contributed by atoms with Crippen LogP contribution in [-0.4, -0.2) is 61.4 Å². The number of amides is 2. The minimum Gasteiger partial charge on any atom is -0.465 e. The SMILES string of the molecule is Cc1ccc(CNC(=O)CN2C(=O)CCC[C@@H]3CN(S(C)(=O)=O)C[C@@H]32)o1. The summed E-state index contributed by atoms with van der Waals surface area (Å²) >= 11 is 0. The van der Waals surface area contributed by atoms with Crippen molar-refractivity contribution in [2.24, 2.45) is 5.92 Å². The van der Waals surface area contributed by atoms with Crippen molar-refractivity contribution in [3.05, 3.63) is 23.7 Å². The van der Waals surface area contributed by atoms with Gasteiger partial charge in [0, 0.05) is 19.5 Å². The summed E-state index contributed by atoms with van der Waals surface area (Å²) in [7, 11) is -3.30. The van der Waals surface area contributed by atoms with Gasteiger partial charge in [-0.3, -0.25) is 9.59 Å². The lowest BCUT2D eigenvalue weighted by atomic mass is 9.98. The summed E-state index contributed by atoms with van der Waals surface area (Å²) in [6.07, 6.45) is 3.10. The topological polar surface area (TPSA) is 99.9 Å². The highest BCUT2D eigenvalue weighted by molar-refractivity contribution is 7.88. The van der Waals surface area contributed by atoms with E-state index in [0.29, 0.717) is 18.7 Å². The third-order valence-corrected chi connectivity index (χ3v) is 6.33. The van der Waals surface area contributed by atoms with Crippen molar-refractivity contribution < 1.29 is 22.4 Å². The summed E-state index contributed by atoms with van der Waals surface area (Å²) in [4.78, 5) is 26.4. The minimum atomic E-state index is -3.30. The second-order valence-corrected chi connectivity index (χ2v) is 9.09. The van der Waals surface area contributed by atoms with E-state index in [2.05, 4.69) is 5.32 Å². The number of fused-ring (bicyclic) bond motifs is 1. The van der Waals surface area contributed by atoms with Crippen LogP contribution in [0.3, 0.4) is 0 Å². The van der Waals surface area contributed by atoms with Crippen molar-refractivity contribution in [2.75, 3.05) is 25.9 Å². The summed E-state index contributed by atoms with van der Waals surface area (Å²) in [6, 6.07) is 3.38. The quantitative estimate of drug-likeness (QED) is 0.797. The maximum atomic E-state index is 12.5. The molecule has 0 aliphatic carbocycles. The van der Waals surface area contributed by atoms with Crippen LogP contribution in [0, 0.1) is 12.8 Å². The molecule has 0 spiro atoms. The largest absolute Gasteiger partial charge is 0.465 e. The number of carbonyl (C=O) groups excluding carboxylic acids is 2. The van der Waals surface area contributed by atoms with Crippen LogP contribution in [0.4, 0.5) is 0 Å². The number of sulfonamides is 1. The summed E-state index contributed by atoms with van der Waals surface area (Å²) in [6.45, 7) is 2.71. The van der Waals surface area contributed by atoms with Gasteiger partial charge in [-0.25, -0.2) is 8.42 Å². The number of hydrogen-bond acceptors (Lipinski definition) is 5. The Kier molecular flexibility index (Phi) is 5.38. The van der Waals surface area contributed by atoms with Gasteiger partial charge in [-0.1, -0.05) is 0 Å². The zero-order chi connectivity index (χ0) is 18.9. The number of nitrogens with zero attached hydrogens (tertiary/aromatic N) is 2. The standard InChI is InChI=1S/C17H25N3O5S/c1-12-6-7-14(25-12)8-18-16(21)11-20-15-10-19(26(2,23)24)9-13(15)4-3-5-17(20)22/h6-7,13,15H,3-5,8-11H2,1-2H3,(H,18,21)/t13-,15+/m1/s1. The Bertz CT molecular complexity index is 788. The maximum absolute atomic E-state index is 12.5. The number of aryl methyl sites for hydroxylation is 1. The lowest BCUT2D eigenvalue weighted by molar-refractivity contribution is -0.138. The molecule has 0 radical (unpaired) electrons. The Morgan fingerprint density at radius 3 is 2.77 bits per heavy atom. The molecule has 144 valence electrons. The zero-order valence-corrected chi connectivity index (χ0v) is 15.9. The zero-order valence-electron chi connectivity index (χ0n) is 15.1. The van der Waals surface area contributed by atoms with E-state index < -0.39 is 10.0 Å². The molecule has 0 unspecified atom stereocenters. The van der Waals surface area contributed by atoms with Crippen molar-refractivity contribution >= 4 is 21.8 Å². The summed E-state index contributed by atoms with van der Waals surface area (Å²) in [5, 5.41) is 2.76. The van der Waals surface area contributed by atoms with Gasteiger partial charge in [0.2, 0.25) is 21.8 Å². The second-order valence-electron chi connectivity index (χ2n) is 7.11. The molecule has 3 heterocycles. The second kappa shape index (κ2) is 7.40. The monoisotopic (exact) mass is 383 g/mol. The average Bonchev–Trinajstić information content (AvgIpc) is 3.13. The Morgan fingerprint density at radius 1 is 1.35 bits per heavy atom. The molecule has 2 aliphatic rings. The van der Waals surface area contributed by atoms with Gasteiger partial charge in [0.25, 0.3) is 0 Å². The molecule has 2 fully saturated rings. The summed E-state index contributed by atoms with van der Waals surface area (Å²) in [5.74, 6) is 1.14. The predicted molar refractivity (Wildman–Crippen MR) is 94.6 cm³/mol. The molecule has 1 aromatic heterocycles. The minimum absolute atomic E-state index is 0.0582. The number of nitrogens with one attached hydrogen (secondary N) is 1. The van der Waals surface area contributed by atoms with Crippen LogP contribution in [0.2, 0.25) is 0 Å². The van der Waals surface area contributed by atoms with Crippen molar-refractivity contribution in [3.8, 4) is 0 Å². The highest BCUT2D eigenvalue weighted by Crippen LogP contribution is 2.31. The van der Waals surface area contributed by atoms with Gasteiger partial charge in [-0.05, 0) is 37.8 Å². The van der Waals surface area contributed by atoms with E-state index in [1.807, 2.05) is 13.0 Å². The summed E-state index contributed by atoms with van der Waals surface area (Å²) in [5.41, 5.74) is 0. The number of rotatable bonds is 5. The third kappa shape index (κ3) is 4.27. The molecular weight excluding hydrogens is 358 g/mol. The molecule has 1 aromatic rings. The van der Waals surface area contributed by atoms with Crippen molar-refractivity contribution in [1.29, 1.82) is 0 Å². The predicted octanol–water partition coefficient (Wildman–Crippen LogP) is 0.477. The molecule has 2 amide bonds. The fourth-order valence-corrected chi connectivity index (χ4v) is 4.63. The third-order valence-electron chi connectivity index (χ3n) is 5.10. The summed E-state index contributed by atoms with van der Waals surface area (Å²) < 4.78 is 30.6.